The van der Waals surface area contributed by atoms with E-state index in [0.717, 1.165) is 0 Å². The van der Waals surface area contributed by atoms with Gasteiger partial charge >= 0.3 is 0 Å². The van der Waals surface area contributed by atoms with Crippen LogP contribution in [-0.4, -0.2) is 29.6 Å². The number of ether oxygens (including phenoxy) is 2. The van der Waals surface area contributed by atoms with Gasteiger partial charge in [-0.25, -0.2) is 4.98 Å². The number of nitrogens with zero attached hydrogens (tertiary/aromatic N) is 1. The van der Waals surface area contributed by atoms with Gasteiger partial charge in [0.05, 0.1) is 19.8 Å². The van der Waals surface area contributed by atoms with E-state index in [-0.39, 0.29) is 11.9 Å². The van der Waals surface area contributed by atoms with Gasteiger partial charge in [0.1, 0.15) is 5.82 Å². The first kappa shape index (κ1) is 14.9. The molecule has 0 bridgehead atoms. The second-order valence-corrected chi connectivity index (χ2v) is 4.47. The molecule has 112 valence electrons. The summed E-state index contributed by atoms with van der Waals surface area (Å²) in [6, 6.07) is 4.90. The van der Waals surface area contributed by atoms with Crippen LogP contribution in [0.1, 0.15) is 36.1 Å². The van der Waals surface area contributed by atoms with Crippen molar-refractivity contribution in [3.63, 3.8) is 0 Å². The normalized spacial score (nSPS) is 11.8. The number of methoxy groups -OCH3 is 1. The fraction of sp³-hybridized carbons (Fsp3) is 0.333. The van der Waals surface area contributed by atoms with Crippen molar-refractivity contribution in [2.45, 2.75) is 19.9 Å². The van der Waals surface area contributed by atoms with Gasteiger partial charge in [-0.05, 0) is 32.0 Å². The Balaban J connectivity index is 2.12. The van der Waals surface area contributed by atoms with Gasteiger partial charge in [0.25, 0.3) is 5.91 Å². The van der Waals surface area contributed by atoms with E-state index in [9.17, 15) is 4.79 Å². The number of aromatic nitrogens is 2. The summed E-state index contributed by atoms with van der Waals surface area (Å²) in [5, 5.41) is 2.87. The molecule has 1 heterocycles. The molecule has 1 amide bonds. The highest BCUT2D eigenvalue weighted by Gasteiger charge is 2.15. The van der Waals surface area contributed by atoms with E-state index in [4.69, 9.17) is 9.47 Å². The number of imidazole rings is 1. The Morgan fingerprint density at radius 3 is 2.86 bits per heavy atom. The summed E-state index contributed by atoms with van der Waals surface area (Å²) in [6.45, 7) is 4.30. The molecule has 0 spiro atoms. The predicted molar refractivity (Wildman–Crippen MR) is 78.6 cm³/mol. The topological polar surface area (TPSA) is 76.2 Å². The maximum atomic E-state index is 12.2. The molecule has 6 heteroatoms. The fourth-order valence-corrected chi connectivity index (χ4v) is 1.95. The first-order chi connectivity index (χ1) is 10.2. The molecule has 1 aromatic heterocycles. The van der Waals surface area contributed by atoms with Crippen molar-refractivity contribution in [2.24, 2.45) is 0 Å². The first-order valence-electron chi connectivity index (χ1n) is 6.76. The quantitative estimate of drug-likeness (QED) is 0.855. The average molecular weight is 289 g/mol. The molecule has 0 aliphatic rings. The molecule has 2 aromatic rings. The Morgan fingerprint density at radius 2 is 2.24 bits per heavy atom. The van der Waals surface area contributed by atoms with Crippen LogP contribution in [0.5, 0.6) is 11.5 Å². The minimum absolute atomic E-state index is 0.194. The zero-order valence-electron chi connectivity index (χ0n) is 12.3. The van der Waals surface area contributed by atoms with Crippen LogP contribution in [0.2, 0.25) is 0 Å². The average Bonchev–Trinajstić information content (AvgIpc) is 3.02. The standard InChI is InChI=1S/C15H19N3O3/c1-4-21-12-6-5-11(9-13(12)20-3)15(19)18-10(2)14-16-7-8-17-14/h5-10H,4H2,1-3H3,(H,16,17)(H,18,19). The predicted octanol–water partition coefficient (Wildman–Crippen LogP) is 2.31. The van der Waals surface area contributed by atoms with E-state index in [1.165, 1.54) is 0 Å². The molecule has 0 fully saturated rings. The number of aromatic amines is 1. The van der Waals surface area contributed by atoms with Crippen molar-refractivity contribution in [3.8, 4) is 11.5 Å². The second kappa shape index (κ2) is 6.78. The summed E-state index contributed by atoms with van der Waals surface area (Å²) in [6.07, 6.45) is 3.37. The lowest BCUT2D eigenvalue weighted by atomic mass is 10.1. The van der Waals surface area contributed by atoms with Crippen LogP contribution in [0, 0.1) is 0 Å². The number of carbonyl (C=O) groups excluding carboxylic acids is 1. The molecule has 2 rings (SSSR count). The number of hydrogen-bond donors (Lipinski definition) is 2. The minimum Gasteiger partial charge on any atom is -0.493 e. The van der Waals surface area contributed by atoms with Crippen molar-refractivity contribution in [1.29, 1.82) is 0 Å². The molecule has 1 aromatic carbocycles. The van der Waals surface area contributed by atoms with E-state index in [0.29, 0.717) is 29.5 Å². The third-order valence-electron chi connectivity index (χ3n) is 3.00. The van der Waals surface area contributed by atoms with Crippen LogP contribution < -0.4 is 14.8 Å². The summed E-state index contributed by atoms with van der Waals surface area (Å²) in [4.78, 5) is 19.3. The number of benzene rings is 1. The highest BCUT2D eigenvalue weighted by molar-refractivity contribution is 5.95. The van der Waals surface area contributed by atoms with Crippen LogP contribution in [0.4, 0.5) is 0 Å². The van der Waals surface area contributed by atoms with Gasteiger partial charge in [-0.3, -0.25) is 4.79 Å². The van der Waals surface area contributed by atoms with E-state index >= 15 is 0 Å². The number of rotatable bonds is 6. The molecule has 21 heavy (non-hydrogen) atoms. The minimum atomic E-state index is -0.204. The van der Waals surface area contributed by atoms with Gasteiger partial charge in [-0.2, -0.15) is 0 Å². The van der Waals surface area contributed by atoms with Crippen LogP contribution in [0.3, 0.4) is 0 Å². The zero-order valence-corrected chi connectivity index (χ0v) is 12.3. The van der Waals surface area contributed by atoms with Crippen LogP contribution >= 0.6 is 0 Å². The molecule has 0 radical (unpaired) electrons. The largest absolute Gasteiger partial charge is 0.493 e. The fourth-order valence-electron chi connectivity index (χ4n) is 1.95. The first-order valence-corrected chi connectivity index (χ1v) is 6.76. The highest BCUT2D eigenvalue weighted by Crippen LogP contribution is 2.28. The molecule has 6 nitrogen and oxygen atoms in total. The van der Waals surface area contributed by atoms with Gasteiger partial charge in [0, 0.05) is 18.0 Å². The van der Waals surface area contributed by atoms with Gasteiger partial charge in [0.2, 0.25) is 0 Å². The van der Waals surface area contributed by atoms with E-state index in [1.807, 2.05) is 13.8 Å². The number of H-pyrrole nitrogens is 1. The molecule has 0 aliphatic carbocycles. The summed E-state index contributed by atoms with van der Waals surface area (Å²) in [5.41, 5.74) is 0.508. The second-order valence-electron chi connectivity index (χ2n) is 4.47. The molecule has 0 saturated carbocycles. The van der Waals surface area contributed by atoms with Crippen LogP contribution in [-0.2, 0) is 0 Å². The number of carbonyl (C=O) groups is 1. The van der Waals surface area contributed by atoms with E-state index in [2.05, 4.69) is 15.3 Å². The summed E-state index contributed by atoms with van der Waals surface area (Å²) >= 11 is 0. The maximum Gasteiger partial charge on any atom is 0.251 e. The van der Waals surface area contributed by atoms with Gasteiger partial charge in [0.15, 0.2) is 11.5 Å². The zero-order chi connectivity index (χ0) is 15.2. The maximum absolute atomic E-state index is 12.2. The van der Waals surface area contributed by atoms with E-state index < -0.39 is 0 Å². The smallest absolute Gasteiger partial charge is 0.251 e. The number of hydrogen-bond acceptors (Lipinski definition) is 4. The third-order valence-corrected chi connectivity index (χ3v) is 3.00. The Labute approximate surface area is 123 Å². The molecule has 0 saturated heterocycles. The summed E-state index contributed by atoms with van der Waals surface area (Å²) < 4.78 is 10.7. The van der Waals surface area contributed by atoms with Gasteiger partial charge < -0.3 is 19.8 Å². The van der Waals surface area contributed by atoms with Crippen molar-refractivity contribution in [1.82, 2.24) is 15.3 Å². The molecule has 0 aliphatic heterocycles. The monoisotopic (exact) mass is 289 g/mol. The SMILES string of the molecule is CCOc1ccc(C(=O)NC(C)c2ncc[nH]2)cc1OC. The van der Waals surface area contributed by atoms with E-state index in [1.54, 1.807) is 37.7 Å². The Kier molecular flexibility index (Phi) is 4.81. The van der Waals surface area contributed by atoms with Crippen molar-refractivity contribution < 1.29 is 14.3 Å². The van der Waals surface area contributed by atoms with Crippen molar-refractivity contribution in [2.75, 3.05) is 13.7 Å². The summed E-state index contributed by atoms with van der Waals surface area (Å²) in [7, 11) is 1.55. The summed E-state index contributed by atoms with van der Waals surface area (Å²) in [5.74, 6) is 1.67. The van der Waals surface area contributed by atoms with Crippen LogP contribution in [0.15, 0.2) is 30.6 Å². The van der Waals surface area contributed by atoms with Gasteiger partial charge in [-0.15, -0.1) is 0 Å². The van der Waals surface area contributed by atoms with Crippen LogP contribution in [0.25, 0.3) is 0 Å². The van der Waals surface area contributed by atoms with Gasteiger partial charge in [-0.1, -0.05) is 0 Å². The Hall–Kier alpha value is -2.50. The molecule has 2 N–H and O–H groups in total. The lowest BCUT2D eigenvalue weighted by molar-refractivity contribution is 0.0938. The molecule has 1 atom stereocenters. The Morgan fingerprint density at radius 1 is 1.43 bits per heavy atom. The number of amides is 1. The van der Waals surface area contributed by atoms with Crippen molar-refractivity contribution in [3.05, 3.63) is 42.0 Å². The third kappa shape index (κ3) is 3.53. The molecular weight excluding hydrogens is 270 g/mol. The Bertz CT molecular complexity index is 596. The lowest BCUT2D eigenvalue weighted by Gasteiger charge is -2.13. The highest BCUT2D eigenvalue weighted by atomic mass is 16.5. The molecular formula is C15H19N3O3. The number of nitrogens with one attached hydrogen (secondary N) is 2. The van der Waals surface area contributed by atoms with Crippen molar-refractivity contribution >= 4 is 5.91 Å². The lowest BCUT2D eigenvalue weighted by Crippen LogP contribution is -2.27. The molecule has 1 unspecified atom stereocenters.